The Morgan fingerprint density at radius 3 is 2.92 bits per heavy atom. The summed E-state index contributed by atoms with van der Waals surface area (Å²) in [6.45, 7) is 0.723. The molecule has 0 aliphatic rings. The van der Waals surface area contributed by atoms with Crippen LogP contribution in [0.1, 0.15) is 15.9 Å². The first-order valence-electron chi connectivity index (χ1n) is 7.21. The largest absolute Gasteiger partial charge is 0.460 e. The average molecular weight is 348 g/mol. The smallest absolute Gasteiger partial charge is 0.260 e. The van der Waals surface area contributed by atoms with Crippen LogP contribution in [0, 0.1) is 5.82 Å². The first kappa shape index (κ1) is 16.4. The molecule has 0 atom stereocenters. The molecule has 0 fully saturated rings. The molecule has 2 aromatic heterocycles. The molecule has 2 heterocycles. The molecule has 1 N–H and O–H groups in total. The molecule has 124 valence electrons. The van der Waals surface area contributed by atoms with E-state index in [0.29, 0.717) is 11.2 Å². The van der Waals surface area contributed by atoms with Gasteiger partial charge in [0.2, 0.25) is 0 Å². The van der Waals surface area contributed by atoms with E-state index in [1.54, 1.807) is 12.3 Å². The monoisotopic (exact) mass is 347 g/mol. The predicted octanol–water partition coefficient (Wildman–Crippen LogP) is 3.93. The molecule has 3 aromatic rings. The number of nitrogens with one attached hydrogen (secondary N) is 1. The van der Waals surface area contributed by atoms with Crippen LogP contribution < -0.4 is 5.32 Å². The lowest BCUT2D eigenvalue weighted by Gasteiger charge is -2.10. The summed E-state index contributed by atoms with van der Waals surface area (Å²) in [7, 11) is 3.91. The highest BCUT2D eigenvalue weighted by Gasteiger charge is 2.17. The number of hydrogen-bond acceptors (Lipinski definition) is 4. The fourth-order valence-corrected chi connectivity index (χ4v) is 2.63. The van der Waals surface area contributed by atoms with Crippen molar-refractivity contribution in [2.75, 3.05) is 19.4 Å². The molecular weight excluding hydrogens is 333 g/mol. The van der Waals surface area contributed by atoms with Crippen molar-refractivity contribution in [3.05, 3.63) is 58.7 Å². The molecule has 5 nitrogen and oxygen atoms in total. The molecule has 0 aliphatic carbocycles. The van der Waals surface area contributed by atoms with Crippen LogP contribution in [0.25, 0.3) is 11.0 Å². The summed E-state index contributed by atoms with van der Waals surface area (Å²) in [4.78, 5) is 18.6. The van der Waals surface area contributed by atoms with Gasteiger partial charge in [-0.3, -0.25) is 4.79 Å². The van der Waals surface area contributed by atoms with E-state index in [9.17, 15) is 9.18 Å². The fraction of sp³-hybridized carbons (Fsp3) is 0.176. The lowest BCUT2D eigenvalue weighted by molar-refractivity contribution is 0.102. The number of amides is 1. The third-order valence-electron chi connectivity index (χ3n) is 3.40. The number of rotatable bonds is 4. The van der Waals surface area contributed by atoms with Crippen LogP contribution in [0.3, 0.4) is 0 Å². The van der Waals surface area contributed by atoms with E-state index in [-0.39, 0.29) is 16.2 Å². The SMILES string of the molecule is CN(C)Cc1ccnc(NC(=O)c2coc3c(F)cc(Cl)cc23)c1. The van der Waals surface area contributed by atoms with Gasteiger partial charge < -0.3 is 14.6 Å². The van der Waals surface area contributed by atoms with Crippen molar-refractivity contribution in [1.82, 2.24) is 9.88 Å². The van der Waals surface area contributed by atoms with Crippen LogP contribution in [-0.4, -0.2) is 29.9 Å². The van der Waals surface area contributed by atoms with Crippen molar-refractivity contribution in [3.8, 4) is 0 Å². The number of benzene rings is 1. The molecule has 0 saturated heterocycles. The Morgan fingerprint density at radius 1 is 1.38 bits per heavy atom. The number of aromatic nitrogens is 1. The number of fused-ring (bicyclic) bond motifs is 1. The minimum atomic E-state index is -0.609. The summed E-state index contributed by atoms with van der Waals surface area (Å²) in [5, 5.41) is 3.21. The molecule has 0 saturated carbocycles. The van der Waals surface area contributed by atoms with E-state index in [4.69, 9.17) is 16.0 Å². The van der Waals surface area contributed by atoms with Gasteiger partial charge >= 0.3 is 0 Å². The molecule has 1 aromatic carbocycles. The number of halogens is 2. The van der Waals surface area contributed by atoms with Crippen molar-refractivity contribution >= 4 is 34.3 Å². The topological polar surface area (TPSA) is 58.4 Å². The number of furan rings is 1. The highest BCUT2D eigenvalue weighted by atomic mass is 35.5. The normalized spacial score (nSPS) is 11.2. The van der Waals surface area contributed by atoms with Gasteiger partial charge in [-0.15, -0.1) is 0 Å². The van der Waals surface area contributed by atoms with Gasteiger partial charge in [-0.25, -0.2) is 9.37 Å². The van der Waals surface area contributed by atoms with E-state index in [2.05, 4.69) is 10.3 Å². The fourth-order valence-electron chi connectivity index (χ4n) is 2.43. The van der Waals surface area contributed by atoms with Gasteiger partial charge in [0.1, 0.15) is 12.1 Å². The Bertz CT molecular complexity index is 908. The second-order valence-corrected chi connectivity index (χ2v) is 6.09. The number of hydrogen-bond donors (Lipinski definition) is 1. The predicted molar refractivity (Wildman–Crippen MR) is 90.8 cm³/mol. The van der Waals surface area contributed by atoms with Gasteiger partial charge in [-0.2, -0.15) is 0 Å². The van der Waals surface area contributed by atoms with Gasteiger partial charge in [0.05, 0.1) is 5.56 Å². The van der Waals surface area contributed by atoms with E-state index >= 15 is 0 Å². The summed E-state index contributed by atoms with van der Waals surface area (Å²) < 4.78 is 18.9. The van der Waals surface area contributed by atoms with Crippen LogP contribution >= 0.6 is 11.6 Å². The number of carbonyl (C=O) groups excluding carboxylic acids is 1. The Kier molecular flexibility index (Phi) is 4.51. The van der Waals surface area contributed by atoms with E-state index in [1.807, 2.05) is 25.1 Å². The van der Waals surface area contributed by atoms with Crippen LogP contribution in [0.15, 0.2) is 41.1 Å². The molecule has 0 unspecified atom stereocenters. The quantitative estimate of drug-likeness (QED) is 0.776. The minimum Gasteiger partial charge on any atom is -0.460 e. The van der Waals surface area contributed by atoms with Gasteiger partial charge in [0.15, 0.2) is 11.4 Å². The molecule has 3 rings (SSSR count). The maximum Gasteiger partial charge on any atom is 0.260 e. The standard InChI is InChI=1S/C17H15ClFN3O2/c1-22(2)8-10-3-4-20-15(5-10)21-17(23)13-9-24-16-12(13)6-11(18)7-14(16)19/h3-7,9H,8H2,1-2H3,(H,20,21,23). The number of carbonyl (C=O) groups is 1. The van der Waals surface area contributed by atoms with Crippen molar-refractivity contribution in [3.63, 3.8) is 0 Å². The zero-order valence-electron chi connectivity index (χ0n) is 13.1. The van der Waals surface area contributed by atoms with Crippen LogP contribution in [-0.2, 0) is 6.54 Å². The Labute approximate surface area is 143 Å². The van der Waals surface area contributed by atoms with Crippen molar-refractivity contribution in [2.45, 2.75) is 6.54 Å². The van der Waals surface area contributed by atoms with Crippen LogP contribution in [0.5, 0.6) is 0 Å². The number of pyridine rings is 1. The van der Waals surface area contributed by atoms with Gasteiger partial charge in [0.25, 0.3) is 5.91 Å². The van der Waals surface area contributed by atoms with Crippen molar-refractivity contribution in [1.29, 1.82) is 0 Å². The second kappa shape index (κ2) is 6.59. The summed E-state index contributed by atoms with van der Waals surface area (Å²) in [5.74, 6) is -0.635. The molecule has 0 bridgehead atoms. The maximum absolute atomic E-state index is 13.8. The van der Waals surface area contributed by atoms with Gasteiger partial charge in [-0.05, 0) is 43.9 Å². The van der Waals surface area contributed by atoms with Gasteiger partial charge in [0, 0.05) is 23.2 Å². The first-order valence-corrected chi connectivity index (χ1v) is 7.59. The molecule has 1 amide bonds. The third kappa shape index (κ3) is 3.39. The molecule has 24 heavy (non-hydrogen) atoms. The second-order valence-electron chi connectivity index (χ2n) is 5.65. The molecule has 7 heteroatoms. The minimum absolute atomic E-state index is 0.00105. The summed E-state index contributed by atoms with van der Waals surface area (Å²) in [5.41, 5.74) is 1.21. The maximum atomic E-state index is 13.8. The lowest BCUT2D eigenvalue weighted by Crippen LogP contribution is -2.14. The highest BCUT2D eigenvalue weighted by molar-refractivity contribution is 6.31. The number of anilines is 1. The Hall–Kier alpha value is -2.44. The lowest BCUT2D eigenvalue weighted by atomic mass is 10.1. The van der Waals surface area contributed by atoms with E-state index in [1.165, 1.54) is 12.3 Å². The molecule has 0 radical (unpaired) electrons. The van der Waals surface area contributed by atoms with Crippen molar-refractivity contribution < 1.29 is 13.6 Å². The van der Waals surface area contributed by atoms with E-state index in [0.717, 1.165) is 18.2 Å². The molecule has 0 spiro atoms. The van der Waals surface area contributed by atoms with Crippen LogP contribution in [0.4, 0.5) is 10.2 Å². The zero-order valence-corrected chi connectivity index (χ0v) is 13.9. The first-order chi connectivity index (χ1) is 11.4. The van der Waals surface area contributed by atoms with Gasteiger partial charge in [-0.1, -0.05) is 11.6 Å². The summed E-state index contributed by atoms with van der Waals surface area (Å²) in [6.07, 6.45) is 2.83. The van der Waals surface area contributed by atoms with Crippen LogP contribution in [0.2, 0.25) is 5.02 Å². The number of nitrogens with zero attached hydrogens (tertiary/aromatic N) is 2. The summed E-state index contributed by atoms with van der Waals surface area (Å²) >= 11 is 5.86. The summed E-state index contributed by atoms with van der Waals surface area (Å²) in [6, 6.07) is 6.29. The molecule has 0 aliphatic heterocycles. The Balaban J connectivity index is 1.88. The van der Waals surface area contributed by atoms with Crippen molar-refractivity contribution in [2.24, 2.45) is 0 Å². The van der Waals surface area contributed by atoms with E-state index < -0.39 is 11.7 Å². The average Bonchev–Trinajstić information content (AvgIpc) is 2.91. The third-order valence-corrected chi connectivity index (χ3v) is 3.62. The zero-order chi connectivity index (χ0) is 17.3. The highest BCUT2D eigenvalue weighted by Crippen LogP contribution is 2.28. The molecular formula is C17H15ClFN3O2. The Morgan fingerprint density at radius 2 is 2.17 bits per heavy atom.